The molecule has 1 aromatic heterocycles. The smallest absolute Gasteiger partial charge is 0.251 e. The van der Waals surface area contributed by atoms with Gasteiger partial charge in [-0.05, 0) is 48.5 Å². The van der Waals surface area contributed by atoms with Crippen LogP contribution in [0.15, 0.2) is 71.3 Å². The summed E-state index contributed by atoms with van der Waals surface area (Å²) in [6.07, 6.45) is 1.55. The summed E-state index contributed by atoms with van der Waals surface area (Å²) in [6.45, 7) is 0.278. The number of amides is 2. The number of benzene rings is 2. The first kappa shape index (κ1) is 18.2. The van der Waals surface area contributed by atoms with E-state index in [1.165, 1.54) is 12.1 Å². The number of anilines is 2. The Morgan fingerprint density at radius 3 is 2.44 bits per heavy atom. The maximum Gasteiger partial charge on any atom is 0.251 e. The van der Waals surface area contributed by atoms with E-state index < -0.39 is 5.82 Å². The summed E-state index contributed by atoms with van der Waals surface area (Å²) in [6, 6.07) is 16.2. The number of halogens is 1. The zero-order valence-electron chi connectivity index (χ0n) is 14.4. The van der Waals surface area contributed by atoms with Crippen LogP contribution in [0.4, 0.5) is 15.8 Å². The fraction of sp³-hybridized carbons (Fsp3) is 0.100. The second-order valence-corrected chi connectivity index (χ2v) is 5.72. The first-order valence-corrected chi connectivity index (χ1v) is 8.31. The number of para-hydroxylation sites is 1. The molecule has 0 bridgehead atoms. The lowest BCUT2D eigenvalue weighted by atomic mass is 10.2. The third-order valence-corrected chi connectivity index (χ3v) is 3.75. The van der Waals surface area contributed by atoms with E-state index in [-0.39, 0.29) is 24.0 Å². The van der Waals surface area contributed by atoms with Crippen LogP contribution in [-0.2, 0) is 11.3 Å². The molecule has 0 aliphatic rings. The molecule has 0 unspecified atom stereocenters. The van der Waals surface area contributed by atoms with Crippen molar-refractivity contribution in [2.75, 3.05) is 17.2 Å². The molecule has 0 aliphatic carbocycles. The summed E-state index contributed by atoms with van der Waals surface area (Å²) >= 11 is 0. The summed E-state index contributed by atoms with van der Waals surface area (Å²) in [5, 5.41) is 8.17. The summed E-state index contributed by atoms with van der Waals surface area (Å²) in [5.41, 5.74) is 1.29. The molecule has 1 heterocycles. The Morgan fingerprint density at radius 1 is 0.963 bits per heavy atom. The van der Waals surface area contributed by atoms with Crippen molar-refractivity contribution in [3.8, 4) is 0 Å². The largest absolute Gasteiger partial charge is 0.467 e. The molecule has 0 saturated heterocycles. The molecule has 6 nitrogen and oxygen atoms in total. The molecule has 0 radical (unpaired) electrons. The lowest BCUT2D eigenvalue weighted by Crippen LogP contribution is -2.23. The lowest BCUT2D eigenvalue weighted by molar-refractivity contribution is -0.114. The minimum absolute atomic E-state index is 0.0294. The zero-order valence-corrected chi connectivity index (χ0v) is 14.4. The van der Waals surface area contributed by atoms with Gasteiger partial charge in [0.2, 0.25) is 5.91 Å². The standard InChI is InChI=1S/C20H18FN3O3/c21-17-5-1-2-6-18(17)24-19(25)13-22-15-9-7-14(8-10-15)20(26)23-12-16-4-3-11-27-16/h1-11,22H,12-13H2,(H,23,26)(H,24,25). The Labute approximate surface area is 155 Å². The number of carbonyl (C=O) groups is 2. The highest BCUT2D eigenvalue weighted by atomic mass is 19.1. The van der Waals surface area contributed by atoms with Gasteiger partial charge in [0.25, 0.3) is 5.91 Å². The van der Waals surface area contributed by atoms with E-state index in [2.05, 4.69) is 16.0 Å². The second-order valence-electron chi connectivity index (χ2n) is 5.72. The number of rotatable bonds is 7. The number of hydrogen-bond acceptors (Lipinski definition) is 4. The zero-order chi connectivity index (χ0) is 19.1. The Bertz CT molecular complexity index is 908. The molecule has 2 aromatic carbocycles. The predicted molar refractivity (Wildman–Crippen MR) is 99.8 cm³/mol. The van der Waals surface area contributed by atoms with Crippen LogP contribution in [0.2, 0.25) is 0 Å². The highest BCUT2D eigenvalue weighted by molar-refractivity contribution is 5.95. The summed E-state index contributed by atoms with van der Waals surface area (Å²) in [4.78, 5) is 24.0. The first-order valence-electron chi connectivity index (χ1n) is 8.31. The molecule has 2 amide bonds. The van der Waals surface area contributed by atoms with Gasteiger partial charge in [-0.15, -0.1) is 0 Å². The molecule has 3 N–H and O–H groups in total. The Kier molecular flexibility index (Phi) is 5.84. The van der Waals surface area contributed by atoms with E-state index >= 15 is 0 Å². The van der Waals surface area contributed by atoms with Crippen LogP contribution in [0.25, 0.3) is 0 Å². The van der Waals surface area contributed by atoms with E-state index in [0.29, 0.717) is 23.6 Å². The SMILES string of the molecule is O=C(CNc1ccc(C(=O)NCc2ccco2)cc1)Nc1ccccc1F. The molecular weight excluding hydrogens is 349 g/mol. The van der Waals surface area contributed by atoms with Crippen LogP contribution in [0.5, 0.6) is 0 Å². The van der Waals surface area contributed by atoms with Gasteiger partial charge in [-0.25, -0.2) is 4.39 Å². The van der Waals surface area contributed by atoms with Crippen molar-refractivity contribution < 1.29 is 18.4 Å². The van der Waals surface area contributed by atoms with Crippen LogP contribution < -0.4 is 16.0 Å². The molecular formula is C20H18FN3O3. The van der Waals surface area contributed by atoms with Gasteiger partial charge in [-0.1, -0.05) is 12.1 Å². The van der Waals surface area contributed by atoms with Crippen molar-refractivity contribution in [2.24, 2.45) is 0 Å². The van der Waals surface area contributed by atoms with Gasteiger partial charge in [0.05, 0.1) is 25.0 Å². The van der Waals surface area contributed by atoms with Gasteiger partial charge in [0.15, 0.2) is 0 Å². The Balaban J connectivity index is 1.48. The second kappa shape index (κ2) is 8.66. The van der Waals surface area contributed by atoms with Gasteiger partial charge < -0.3 is 20.4 Å². The van der Waals surface area contributed by atoms with Crippen molar-refractivity contribution >= 4 is 23.2 Å². The lowest BCUT2D eigenvalue weighted by Gasteiger charge is -2.09. The van der Waals surface area contributed by atoms with Crippen molar-refractivity contribution in [1.82, 2.24) is 5.32 Å². The van der Waals surface area contributed by atoms with E-state index in [1.807, 2.05) is 0 Å². The average Bonchev–Trinajstić information content (AvgIpc) is 3.20. The summed E-state index contributed by atoms with van der Waals surface area (Å²) in [7, 11) is 0. The monoisotopic (exact) mass is 367 g/mol. The van der Waals surface area contributed by atoms with Crippen molar-refractivity contribution in [3.05, 3.63) is 84.1 Å². The number of carbonyl (C=O) groups excluding carboxylic acids is 2. The molecule has 3 aromatic rings. The predicted octanol–water partition coefficient (Wildman–Crippen LogP) is 3.40. The number of hydrogen-bond donors (Lipinski definition) is 3. The van der Waals surface area contributed by atoms with Gasteiger partial charge in [-0.3, -0.25) is 9.59 Å². The van der Waals surface area contributed by atoms with Crippen LogP contribution in [0, 0.1) is 5.82 Å². The van der Waals surface area contributed by atoms with Crippen molar-refractivity contribution in [1.29, 1.82) is 0 Å². The quantitative estimate of drug-likeness (QED) is 0.598. The van der Waals surface area contributed by atoms with Crippen LogP contribution in [0.1, 0.15) is 16.1 Å². The fourth-order valence-corrected chi connectivity index (χ4v) is 2.36. The van der Waals surface area contributed by atoms with Gasteiger partial charge in [0, 0.05) is 11.3 Å². The van der Waals surface area contributed by atoms with Gasteiger partial charge in [-0.2, -0.15) is 0 Å². The van der Waals surface area contributed by atoms with Crippen molar-refractivity contribution in [3.63, 3.8) is 0 Å². The third kappa shape index (κ3) is 5.18. The minimum Gasteiger partial charge on any atom is -0.467 e. The van der Waals surface area contributed by atoms with Gasteiger partial charge in [0.1, 0.15) is 11.6 Å². The summed E-state index contributed by atoms with van der Waals surface area (Å²) in [5.74, 6) is -0.422. The number of nitrogens with one attached hydrogen (secondary N) is 3. The highest BCUT2D eigenvalue weighted by Crippen LogP contribution is 2.13. The minimum atomic E-state index is -0.490. The van der Waals surface area contributed by atoms with E-state index in [1.54, 1.807) is 54.8 Å². The van der Waals surface area contributed by atoms with E-state index in [4.69, 9.17) is 4.42 Å². The molecule has 138 valence electrons. The Morgan fingerprint density at radius 2 is 1.74 bits per heavy atom. The third-order valence-electron chi connectivity index (χ3n) is 3.75. The maximum absolute atomic E-state index is 13.5. The van der Waals surface area contributed by atoms with E-state index in [9.17, 15) is 14.0 Å². The number of furan rings is 1. The summed E-state index contributed by atoms with van der Waals surface area (Å²) < 4.78 is 18.7. The Hall–Kier alpha value is -3.61. The molecule has 27 heavy (non-hydrogen) atoms. The van der Waals surface area contributed by atoms with Crippen LogP contribution >= 0.6 is 0 Å². The fourth-order valence-electron chi connectivity index (χ4n) is 2.36. The molecule has 0 saturated carbocycles. The van der Waals surface area contributed by atoms with Crippen LogP contribution in [0.3, 0.4) is 0 Å². The normalized spacial score (nSPS) is 10.3. The van der Waals surface area contributed by atoms with Gasteiger partial charge >= 0.3 is 0 Å². The van der Waals surface area contributed by atoms with Crippen LogP contribution in [-0.4, -0.2) is 18.4 Å². The molecule has 3 rings (SSSR count). The maximum atomic E-state index is 13.5. The molecule has 0 atom stereocenters. The van der Waals surface area contributed by atoms with E-state index in [0.717, 1.165) is 0 Å². The molecule has 7 heteroatoms. The molecule has 0 spiro atoms. The van der Waals surface area contributed by atoms with Crippen molar-refractivity contribution in [2.45, 2.75) is 6.54 Å². The molecule has 0 fully saturated rings. The highest BCUT2D eigenvalue weighted by Gasteiger charge is 2.08. The first-order chi connectivity index (χ1) is 13.1. The topological polar surface area (TPSA) is 83.4 Å². The average molecular weight is 367 g/mol. The molecule has 0 aliphatic heterocycles.